The summed E-state index contributed by atoms with van der Waals surface area (Å²) in [5, 5.41) is 4.27. The fourth-order valence-electron chi connectivity index (χ4n) is 3.44. The maximum atomic E-state index is 5.70. The Balaban J connectivity index is 1.75. The van der Waals surface area contributed by atoms with E-state index in [-0.39, 0.29) is 0 Å². The van der Waals surface area contributed by atoms with E-state index in [1.54, 1.807) is 27.6 Å². The lowest BCUT2D eigenvalue weighted by atomic mass is 10.00. The first-order valence-electron chi connectivity index (χ1n) is 8.46. The first kappa shape index (κ1) is 16.3. The zero-order chi connectivity index (χ0) is 16.5. The molecule has 0 atom stereocenters. The number of nitrogens with one attached hydrogen (secondary N) is 2. The van der Waals surface area contributed by atoms with Crippen LogP contribution in [-0.4, -0.2) is 22.6 Å². The molecule has 3 aromatic rings. The van der Waals surface area contributed by atoms with E-state index in [9.17, 15) is 0 Å². The highest BCUT2D eigenvalue weighted by atomic mass is 32.1. The molecule has 4 heterocycles. The van der Waals surface area contributed by atoms with E-state index in [4.69, 9.17) is 12.2 Å². The molecule has 3 aromatic heterocycles. The van der Waals surface area contributed by atoms with Gasteiger partial charge in [-0.3, -0.25) is 4.57 Å². The van der Waals surface area contributed by atoms with Crippen molar-refractivity contribution in [3.8, 4) is 21.1 Å². The Kier molecular flexibility index (Phi) is 4.72. The molecule has 0 bridgehead atoms. The number of thiophene rings is 2. The Morgan fingerprint density at radius 1 is 1.17 bits per heavy atom. The minimum Gasteiger partial charge on any atom is -0.329 e. The minimum absolute atomic E-state index is 0.841. The summed E-state index contributed by atoms with van der Waals surface area (Å²) in [5.41, 5.74) is 2.42. The molecule has 24 heavy (non-hydrogen) atoms. The zero-order valence-electron chi connectivity index (χ0n) is 13.7. The molecule has 2 N–H and O–H groups in total. The van der Waals surface area contributed by atoms with Crippen molar-refractivity contribution in [1.29, 1.82) is 0 Å². The van der Waals surface area contributed by atoms with Crippen LogP contribution in [0.25, 0.3) is 21.1 Å². The van der Waals surface area contributed by atoms with Gasteiger partial charge in [0, 0.05) is 0 Å². The number of imidazole rings is 1. The van der Waals surface area contributed by atoms with Gasteiger partial charge in [0.2, 0.25) is 0 Å². The standard InChI is InChI=1S/C18H21N3S3/c1-13-6-8-20(9-7-13)12-21-17(15-5-3-11-24-15)16(19-18(21)22)14-4-2-10-23-14/h2-5,10-11,13H,6-9,12H2,1H3,(H,19,22)/p+1. The van der Waals surface area contributed by atoms with Gasteiger partial charge < -0.3 is 9.88 Å². The van der Waals surface area contributed by atoms with Gasteiger partial charge in [-0.15, -0.1) is 22.7 Å². The largest absolute Gasteiger partial charge is 0.329 e. The Hall–Kier alpha value is -1.21. The van der Waals surface area contributed by atoms with E-state index in [2.05, 4.69) is 51.5 Å². The lowest BCUT2D eigenvalue weighted by Crippen LogP contribution is -3.12. The Labute approximate surface area is 155 Å². The highest BCUT2D eigenvalue weighted by Crippen LogP contribution is 2.36. The van der Waals surface area contributed by atoms with Crippen LogP contribution in [-0.2, 0) is 6.67 Å². The van der Waals surface area contributed by atoms with Gasteiger partial charge in [0.15, 0.2) is 11.4 Å². The molecule has 1 aliphatic rings. The van der Waals surface area contributed by atoms with Crippen LogP contribution in [0.3, 0.4) is 0 Å². The number of quaternary nitrogens is 1. The van der Waals surface area contributed by atoms with E-state index < -0.39 is 0 Å². The topological polar surface area (TPSA) is 25.2 Å². The molecule has 3 nitrogen and oxygen atoms in total. The van der Waals surface area contributed by atoms with Gasteiger partial charge in [0.1, 0.15) is 0 Å². The van der Waals surface area contributed by atoms with Crippen molar-refractivity contribution >= 4 is 34.9 Å². The van der Waals surface area contributed by atoms with Gasteiger partial charge in [-0.25, -0.2) is 0 Å². The van der Waals surface area contributed by atoms with E-state index in [0.29, 0.717) is 0 Å². The molecular weight excluding hydrogens is 354 g/mol. The normalized spacial score (nSPS) is 21.2. The van der Waals surface area contributed by atoms with Crippen LogP contribution in [0, 0.1) is 10.7 Å². The summed E-state index contributed by atoms with van der Waals surface area (Å²) >= 11 is 9.25. The summed E-state index contributed by atoms with van der Waals surface area (Å²) in [6.45, 7) is 5.81. The number of piperidine rings is 1. The molecule has 0 saturated carbocycles. The summed E-state index contributed by atoms with van der Waals surface area (Å²) in [4.78, 5) is 7.66. The number of likely N-dealkylation sites (tertiary alicyclic amines) is 1. The third kappa shape index (κ3) is 3.16. The Bertz CT molecular complexity index is 835. The van der Waals surface area contributed by atoms with Crippen LogP contribution >= 0.6 is 34.9 Å². The molecule has 0 aliphatic carbocycles. The number of aromatic amines is 1. The average molecular weight is 377 g/mol. The minimum atomic E-state index is 0.841. The number of H-pyrrole nitrogens is 1. The second-order valence-electron chi connectivity index (χ2n) is 6.63. The molecule has 0 radical (unpaired) electrons. The lowest BCUT2D eigenvalue weighted by Gasteiger charge is -2.27. The molecule has 0 amide bonds. The number of aromatic nitrogens is 2. The predicted octanol–water partition coefficient (Wildman–Crippen LogP) is 4.27. The molecule has 0 spiro atoms. The molecular formula is C18H22N3S3+. The lowest BCUT2D eigenvalue weighted by molar-refractivity contribution is -0.928. The second kappa shape index (κ2) is 6.96. The van der Waals surface area contributed by atoms with Gasteiger partial charge in [-0.05, 0) is 53.9 Å². The van der Waals surface area contributed by atoms with Gasteiger partial charge in [-0.1, -0.05) is 19.1 Å². The van der Waals surface area contributed by atoms with Crippen LogP contribution in [0.15, 0.2) is 35.0 Å². The van der Waals surface area contributed by atoms with E-state index >= 15 is 0 Å². The van der Waals surface area contributed by atoms with E-state index in [1.165, 1.54) is 47.1 Å². The highest BCUT2D eigenvalue weighted by molar-refractivity contribution is 7.71. The quantitative estimate of drug-likeness (QED) is 0.653. The van der Waals surface area contributed by atoms with Crippen molar-refractivity contribution in [3.63, 3.8) is 0 Å². The molecule has 126 valence electrons. The van der Waals surface area contributed by atoms with Crippen molar-refractivity contribution in [2.45, 2.75) is 26.4 Å². The van der Waals surface area contributed by atoms with Crippen LogP contribution in [0.1, 0.15) is 19.8 Å². The summed E-state index contributed by atoms with van der Waals surface area (Å²) in [5.74, 6) is 0.867. The third-order valence-corrected chi connectivity index (χ3v) is 6.96. The van der Waals surface area contributed by atoms with Gasteiger partial charge in [-0.2, -0.15) is 0 Å². The maximum Gasteiger partial charge on any atom is 0.182 e. The maximum absolute atomic E-state index is 5.70. The number of nitrogens with zero attached hydrogens (tertiary/aromatic N) is 1. The van der Waals surface area contributed by atoms with Gasteiger partial charge in [0.25, 0.3) is 0 Å². The summed E-state index contributed by atoms with van der Waals surface area (Å²) in [6.07, 6.45) is 2.64. The van der Waals surface area contributed by atoms with Gasteiger partial charge in [0.05, 0.1) is 34.2 Å². The molecule has 6 heteroatoms. The van der Waals surface area contributed by atoms with Crippen molar-refractivity contribution in [2.24, 2.45) is 5.92 Å². The highest BCUT2D eigenvalue weighted by Gasteiger charge is 2.23. The summed E-state index contributed by atoms with van der Waals surface area (Å²) in [6, 6.07) is 8.59. The number of rotatable bonds is 4. The van der Waals surface area contributed by atoms with E-state index in [1.807, 2.05) is 0 Å². The molecule has 1 aliphatic heterocycles. The van der Waals surface area contributed by atoms with Gasteiger partial charge >= 0.3 is 0 Å². The first-order valence-corrected chi connectivity index (χ1v) is 10.6. The first-order chi connectivity index (χ1) is 11.7. The third-order valence-electron chi connectivity index (χ3n) is 4.87. The van der Waals surface area contributed by atoms with Crippen LogP contribution in [0.2, 0.25) is 0 Å². The fourth-order valence-corrected chi connectivity index (χ4v) is 5.21. The second-order valence-corrected chi connectivity index (χ2v) is 8.91. The van der Waals surface area contributed by atoms with Crippen LogP contribution in [0.5, 0.6) is 0 Å². The van der Waals surface area contributed by atoms with Crippen LogP contribution < -0.4 is 4.90 Å². The zero-order valence-corrected chi connectivity index (χ0v) is 16.2. The number of hydrogen-bond donors (Lipinski definition) is 2. The van der Waals surface area contributed by atoms with Crippen molar-refractivity contribution in [1.82, 2.24) is 9.55 Å². The van der Waals surface area contributed by atoms with Crippen molar-refractivity contribution in [2.75, 3.05) is 13.1 Å². The molecule has 4 rings (SSSR count). The van der Waals surface area contributed by atoms with Crippen LogP contribution in [0.4, 0.5) is 0 Å². The predicted molar refractivity (Wildman–Crippen MR) is 105 cm³/mol. The monoisotopic (exact) mass is 376 g/mol. The molecule has 0 unspecified atom stereocenters. The SMILES string of the molecule is CC1CC[NH+](Cn2c(-c3cccs3)c(-c3cccs3)[nH]c2=S)CC1. The smallest absolute Gasteiger partial charge is 0.182 e. The van der Waals surface area contributed by atoms with Crippen molar-refractivity contribution in [3.05, 3.63) is 39.8 Å². The fraction of sp³-hybridized carbons (Fsp3) is 0.389. The Morgan fingerprint density at radius 2 is 1.83 bits per heavy atom. The Morgan fingerprint density at radius 3 is 2.46 bits per heavy atom. The molecule has 1 fully saturated rings. The molecule has 1 saturated heterocycles. The number of hydrogen-bond acceptors (Lipinski definition) is 3. The van der Waals surface area contributed by atoms with E-state index in [0.717, 1.165) is 17.4 Å². The average Bonchev–Trinajstić information content (AvgIpc) is 3.31. The summed E-state index contributed by atoms with van der Waals surface area (Å²) < 4.78 is 3.16. The van der Waals surface area contributed by atoms with Crippen molar-refractivity contribution < 1.29 is 4.90 Å². The summed E-state index contributed by atoms with van der Waals surface area (Å²) in [7, 11) is 0. The molecule has 0 aromatic carbocycles.